The number of hydrogen-bond acceptors (Lipinski definition) is 3. The molecule has 18 heavy (non-hydrogen) atoms. The van der Waals surface area contributed by atoms with Crippen LogP contribution >= 0.6 is 0 Å². The fraction of sp³-hybridized carbons (Fsp3) is 0.929. The van der Waals surface area contributed by atoms with Crippen molar-refractivity contribution in [2.45, 2.75) is 69.1 Å². The molecule has 0 radical (unpaired) electrons. The maximum atomic E-state index is 11.2. The van der Waals surface area contributed by atoms with Gasteiger partial charge in [-0.2, -0.15) is 0 Å². The zero-order valence-electron chi connectivity index (χ0n) is 11.3. The number of rotatable bonds is 3. The third-order valence-electron chi connectivity index (χ3n) is 5.08. The Morgan fingerprint density at radius 1 is 1.28 bits per heavy atom. The number of nitrogens with zero attached hydrogens (tertiary/aromatic N) is 1. The summed E-state index contributed by atoms with van der Waals surface area (Å²) in [6.45, 7) is 0.958. The molecule has 3 saturated heterocycles. The quantitative estimate of drug-likeness (QED) is 0.782. The molecule has 0 aromatic heterocycles. The Balaban J connectivity index is 1.48. The highest BCUT2D eigenvalue weighted by Gasteiger charge is 2.36. The lowest BCUT2D eigenvalue weighted by atomic mass is 9.82. The molecule has 0 spiro atoms. The predicted octanol–water partition coefficient (Wildman–Crippen LogP) is 0.870. The predicted molar refractivity (Wildman–Crippen MR) is 71.4 cm³/mol. The van der Waals surface area contributed by atoms with Crippen molar-refractivity contribution in [1.29, 1.82) is 0 Å². The summed E-state index contributed by atoms with van der Waals surface area (Å²) in [7, 11) is 2.29. The molecule has 0 aromatic rings. The molecule has 3 rings (SSSR count). The van der Waals surface area contributed by atoms with Crippen LogP contribution in [0.15, 0.2) is 0 Å². The summed E-state index contributed by atoms with van der Waals surface area (Å²) in [4.78, 5) is 13.8. The van der Waals surface area contributed by atoms with Crippen molar-refractivity contribution in [1.82, 2.24) is 15.5 Å². The third-order valence-corrected chi connectivity index (χ3v) is 5.08. The van der Waals surface area contributed by atoms with Crippen molar-refractivity contribution >= 4 is 5.91 Å². The summed E-state index contributed by atoms with van der Waals surface area (Å²) in [6.07, 6.45) is 8.43. The molecule has 3 atom stereocenters. The lowest BCUT2D eigenvalue weighted by Crippen LogP contribution is -2.55. The Kier molecular flexibility index (Phi) is 3.57. The Morgan fingerprint density at radius 2 is 2.00 bits per heavy atom. The average molecular weight is 251 g/mol. The summed E-state index contributed by atoms with van der Waals surface area (Å²) in [5.41, 5.74) is 0. The van der Waals surface area contributed by atoms with Crippen LogP contribution in [0.1, 0.15) is 44.9 Å². The molecule has 3 heterocycles. The molecule has 1 amide bonds. The van der Waals surface area contributed by atoms with Gasteiger partial charge in [0.15, 0.2) is 0 Å². The van der Waals surface area contributed by atoms with Gasteiger partial charge in [-0.15, -0.1) is 0 Å². The summed E-state index contributed by atoms with van der Waals surface area (Å²) in [6, 6.07) is 2.60. The van der Waals surface area contributed by atoms with E-state index in [1.54, 1.807) is 0 Å². The molecule has 4 heteroatoms. The number of hydrogen-bond donors (Lipinski definition) is 2. The minimum Gasteiger partial charge on any atom is -0.352 e. The molecule has 4 nitrogen and oxygen atoms in total. The van der Waals surface area contributed by atoms with Crippen LogP contribution in [0, 0.1) is 0 Å². The molecule has 0 aliphatic carbocycles. The first-order chi connectivity index (χ1) is 8.72. The van der Waals surface area contributed by atoms with E-state index >= 15 is 0 Å². The topological polar surface area (TPSA) is 44.4 Å². The summed E-state index contributed by atoms with van der Waals surface area (Å²) < 4.78 is 0. The standard InChI is InChI=1S/C14H25N3O/c1-17-12-3-2-4-13(17)8-11(7-12)15-9-10-5-6-14(18)16-10/h10-13,15H,2-9H2,1H3,(H,16,18). The summed E-state index contributed by atoms with van der Waals surface area (Å²) in [5.74, 6) is 0.224. The average Bonchev–Trinajstić information content (AvgIpc) is 2.73. The van der Waals surface area contributed by atoms with Gasteiger partial charge in [-0.1, -0.05) is 6.42 Å². The zero-order valence-corrected chi connectivity index (χ0v) is 11.3. The Bertz CT molecular complexity index is 306. The van der Waals surface area contributed by atoms with Crippen LogP contribution in [0.4, 0.5) is 0 Å². The van der Waals surface area contributed by atoms with Crippen LogP contribution in [0.3, 0.4) is 0 Å². The Labute approximate surface area is 109 Å². The third kappa shape index (κ3) is 2.54. The van der Waals surface area contributed by atoms with Gasteiger partial charge in [0, 0.05) is 37.1 Å². The second-order valence-corrected chi connectivity index (χ2v) is 6.28. The van der Waals surface area contributed by atoms with Crippen molar-refractivity contribution in [2.24, 2.45) is 0 Å². The molecular formula is C14H25N3O. The minimum absolute atomic E-state index is 0.224. The Morgan fingerprint density at radius 3 is 2.61 bits per heavy atom. The summed E-state index contributed by atoms with van der Waals surface area (Å²) >= 11 is 0. The highest BCUT2D eigenvalue weighted by atomic mass is 16.1. The van der Waals surface area contributed by atoms with Crippen molar-refractivity contribution < 1.29 is 4.79 Å². The molecule has 0 aromatic carbocycles. The van der Waals surface area contributed by atoms with E-state index in [0.29, 0.717) is 18.5 Å². The normalized spacial score (nSPS) is 40.8. The van der Waals surface area contributed by atoms with Gasteiger partial charge in [0.05, 0.1) is 0 Å². The van der Waals surface area contributed by atoms with Gasteiger partial charge in [0.2, 0.25) is 5.91 Å². The van der Waals surface area contributed by atoms with E-state index < -0.39 is 0 Å². The monoisotopic (exact) mass is 251 g/mol. The largest absolute Gasteiger partial charge is 0.352 e. The van der Waals surface area contributed by atoms with Crippen LogP contribution in [0.2, 0.25) is 0 Å². The van der Waals surface area contributed by atoms with Crippen LogP contribution in [0.25, 0.3) is 0 Å². The maximum Gasteiger partial charge on any atom is 0.220 e. The maximum absolute atomic E-state index is 11.2. The number of nitrogens with one attached hydrogen (secondary N) is 2. The molecule has 3 aliphatic heterocycles. The van der Waals surface area contributed by atoms with E-state index in [1.165, 1.54) is 32.1 Å². The van der Waals surface area contributed by atoms with Crippen LogP contribution in [0.5, 0.6) is 0 Å². The second kappa shape index (κ2) is 5.17. The molecule has 2 bridgehead atoms. The number of carbonyl (C=O) groups is 1. The highest BCUT2D eigenvalue weighted by Crippen LogP contribution is 2.32. The first-order valence-corrected chi connectivity index (χ1v) is 7.47. The molecular weight excluding hydrogens is 226 g/mol. The van der Waals surface area contributed by atoms with E-state index in [4.69, 9.17) is 0 Å². The van der Waals surface area contributed by atoms with Gasteiger partial charge in [0.25, 0.3) is 0 Å². The fourth-order valence-corrected chi connectivity index (χ4v) is 3.92. The van der Waals surface area contributed by atoms with Gasteiger partial charge in [0.1, 0.15) is 0 Å². The highest BCUT2D eigenvalue weighted by molar-refractivity contribution is 5.78. The molecule has 3 aliphatic rings. The van der Waals surface area contributed by atoms with E-state index in [-0.39, 0.29) is 5.91 Å². The zero-order chi connectivity index (χ0) is 12.5. The van der Waals surface area contributed by atoms with Crippen LogP contribution < -0.4 is 10.6 Å². The molecule has 3 unspecified atom stereocenters. The lowest BCUT2D eigenvalue weighted by molar-refractivity contribution is -0.119. The molecule has 3 fully saturated rings. The SMILES string of the molecule is CN1C2CCCC1CC(NCC1CCC(=O)N1)C2. The van der Waals surface area contributed by atoms with Gasteiger partial charge in [-0.05, 0) is 39.2 Å². The van der Waals surface area contributed by atoms with E-state index in [9.17, 15) is 4.79 Å². The van der Waals surface area contributed by atoms with Gasteiger partial charge in [-0.25, -0.2) is 0 Å². The first-order valence-electron chi connectivity index (χ1n) is 7.47. The van der Waals surface area contributed by atoms with Gasteiger partial charge < -0.3 is 15.5 Å². The van der Waals surface area contributed by atoms with Crippen molar-refractivity contribution in [3.63, 3.8) is 0 Å². The Hall–Kier alpha value is -0.610. The van der Waals surface area contributed by atoms with E-state index in [2.05, 4.69) is 22.6 Å². The van der Waals surface area contributed by atoms with Crippen LogP contribution in [-0.2, 0) is 4.79 Å². The number of carbonyl (C=O) groups excluding carboxylic acids is 1. The first kappa shape index (κ1) is 12.4. The molecule has 102 valence electrons. The van der Waals surface area contributed by atoms with Crippen LogP contribution in [-0.4, -0.2) is 48.6 Å². The number of amides is 1. The number of piperidine rings is 2. The van der Waals surface area contributed by atoms with Crippen molar-refractivity contribution in [3.05, 3.63) is 0 Å². The van der Waals surface area contributed by atoms with Gasteiger partial charge >= 0.3 is 0 Å². The van der Waals surface area contributed by atoms with E-state index in [0.717, 1.165) is 25.0 Å². The van der Waals surface area contributed by atoms with Gasteiger partial charge in [-0.3, -0.25) is 4.79 Å². The smallest absolute Gasteiger partial charge is 0.220 e. The lowest BCUT2D eigenvalue weighted by Gasteiger charge is -2.47. The van der Waals surface area contributed by atoms with Crippen molar-refractivity contribution in [3.8, 4) is 0 Å². The van der Waals surface area contributed by atoms with E-state index in [1.807, 2.05) is 0 Å². The van der Waals surface area contributed by atoms with Crippen molar-refractivity contribution in [2.75, 3.05) is 13.6 Å². The molecule has 2 N–H and O–H groups in total. The number of fused-ring (bicyclic) bond motifs is 2. The minimum atomic E-state index is 0.224. The fourth-order valence-electron chi connectivity index (χ4n) is 3.92. The summed E-state index contributed by atoms with van der Waals surface area (Å²) in [5, 5.41) is 6.73. The molecule has 0 saturated carbocycles. The second-order valence-electron chi connectivity index (χ2n) is 6.28.